The molecule has 1 aromatic heterocycles. The average molecular weight is 381 g/mol. The Kier molecular flexibility index (Phi) is 6.64. The zero-order valence-electron chi connectivity index (χ0n) is 15.3. The number of hydrogen-bond acceptors (Lipinski definition) is 6. The van der Waals surface area contributed by atoms with Gasteiger partial charge in [0.2, 0.25) is 0 Å². The van der Waals surface area contributed by atoms with Crippen molar-refractivity contribution in [3.63, 3.8) is 0 Å². The molecule has 1 unspecified atom stereocenters. The van der Waals surface area contributed by atoms with Crippen LogP contribution in [0.1, 0.15) is 72.9 Å². The molecule has 144 valence electrons. The van der Waals surface area contributed by atoms with Crippen molar-refractivity contribution in [2.75, 3.05) is 19.7 Å². The number of carboxylic acid groups (broad SMARTS) is 1. The van der Waals surface area contributed by atoms with Crippen LogP contribution in [0.3, 0.4) is 0 Å². The number of aliphatic carboxylic acids is 1. The maximum Gasteiger partial charge on any atom is 0.316 e. The Morgan fingerprint density at radius 1 is 1.31 bits per heavy atom. The van der Waals surface area contributed by atoms with Gasteiger partial charge < -0.3 is 15.2 Å². The summed E-state index contributed by atoms with van der Waals surface area (Å²) in [5.41, 5.74) is 0.886. The van der Waals surface area contributed by atoms with E-state index in [0.717, 1.165) is 49.4 Å². The Morgan fingerprint density at radius 3 is 2.77 bits per heavy atom. The van der Waals surface area contributed by atoms with E-state index in [1.54, 1.807) is 11.3 Å². The molecule has 2 aliphatic rings. The van der Waals surface area contributed by atoms with Crippen LogP contribution in [0.2, 0.25) is 0 Å². The first kappa shape index (κ1) is 19.3. The number of carbonyl (C=O) groups is 2. The highest BCUT2D eigenvalue weighted by atomic mass is 32.1. The number of ether oxygens (including phenoxy) is 1. The summed E-state index contributed by atoms with van der Waals surface area (Å²) in [6, 6.07) is 0. The third kappa shape index (κ3) is 4.43. The Hall–Kier alpha value is -1.47. The zero-order chi connectivity index (χ0) is 18.5. The molecule has 3 rings (SSSR count). The van der Waals surface area contributed by atoms with E-state index >= 15 is 0 Å². The summed E-state index contributed by atoms with van der Waals surface area (Å²) in [6.07, 6.45) is 5.94. The van der Waals surface area contributed by atoms with Crippen molar-refractivity contribution in [3.05, 3.63) is 15.6 Å². The predicted octanol–water partition coefficient (Wildman–Crippen LogP) is 3.07. The van der Waals surface area contributed by atoms with Gasteiger partial charge in [0.25, 0.3) is 0 Å². The van der Waals surface area contributed by atoms with Crippen molar-refractivity contribution in [2.45, 2.75) is 63.7 Å². The average Bonchev–Trinajstić information content (AvgIpc) is 2.96. The number of thiazole rings is 1. The fourth-order valence-electron chi connectivity index (χ4n) is 3.75. The highest BCUT2D eigenvalue weighted by molar-refractivity contribution is 7.11. The zero-order valence-corrected chi connectivity index (χ0v) is 16.1. The standard InChI is InChI=1S/C19H28N2O4S/c1-2-3-10-25-19(24)14-11-20-9-8-15-16(14)21-17(26-15)12-4-6-13(7-5-12)18(22)23/h12-14,20H,2-11H2,1H3,(H,22,23). The summed E-state index contributed by atoms with van der Waals surface area (Å²) in [4.78, 5) is 29.7. The molecule has 1 aliphatic heterocycles. The van der Waals surface area contributed by atoms with Crippen LogP contribution in [0.15, 0.2) is 0 Å². The lowest BCUT2D eigenvalue weighted by Gasteiger charge is -2.24. The molecule has 1 fully saturated rings. The Bertz CT molecular complexity index is 637. The molecule has 6 nitrogen and oxygen atoms in total. The molecule has 1 atom stereocenters. The molecule has 0 amide bonds. The highest BCUT2D eigenvalue weighted by Gasteiger charge is 2.33. The number of aromatic nitrogens is 1. The first-order valence-corrected chi connectivity index (χ1v) is 10.5. The number of rotatable bonds is 6. The van der Waals surface area contributed by atoms with Crippen LogP contribution in [0.4, 0.5) is 0 Å². The minimum absolute atomic E-state index is 0.180. The lowest BCUT2D eigenvalue weighted by atomic mass is 9.82. The van der Waals surface area contributed by atoms with Crippen molar-refractivity contribution in [1.82, 2.24) is 10.3 Å². The Morgan fingerprint density at radius 2 is 2.08 bits per heavy atom. The van der Waals surface area contributed by atoms with Gasteiger partial charge >= 0.3 is 11.9 Å². The molecule has 0 aromatic carbocycles. The first-order chi connectivity index (χ1) is 12.6. The van der Waals surface area contributed by atoms with Crippen LogP contribution in [-0.2, 0) is 20.7 Å². The predicted molar refractivity (Wildman–Crippen MR) is 99.6 cm³/mol. The van der Waals surface area contributed by atoms with E-state index in [1.165, 1.54) is 4.88 Å². The van der Waals surface area contributed by atoms with Gasteiger partial charge in [0, 0.05) is 23.9 Å². The minimum Gasteiger partial charge on any atom is -0.481 e. The third-order valence-electron chi connectivity index (χ3n) is 5.40. The van der Waals surface area contributed by atoms with Crippen molar-refractivity contribution < 1.29 is 19.4 Å². The fraction of sp³-hybridized carbons (Fsp3) is 0.737. The number of nitrogens with zero attached hydrogens (tertiary/aromatic N) is 1. The molecular weight excluding hydrogens is 352 g/mol. The van der Waals surface area contributed by atoms with Crippen LogP contribution in [-0.4, -0.2) is 41.7 Å². The summed E-state index contributed by atoms with van der Waals surface area (Å²) in [5.74, 6) is -1.08. The maximum absolute atomic E-state index is 12.5. The van der Waals surface area contributed by atoms with E-state index in [9.17, 15) is 14.7 Å². The van der Waals surface area contributed by atoms with Crippen molar-refractivity contribution >= 4 is 23.3 Å². The molecule has 0 spiro atoms. The Labute approximate surface area is 158 Å². The van der Waals surface area contributed by atoms with Crippen LogP contribution in [0, 0.1) is 5.92 Å². The molecule has 0 saturated heterocycles. The van der Waals surface area contributed by atoms with E-state index in [0.29, 0.717) is 31.9 Å². The summed E-state index contributed by atoms with van der Waals surface area (Å²) in [7, 11) is 0. The number of fused-ring (bicyclic) bond motifs is 1. The monoisotopic (exact) mass is 380 g/mol. The molecule has 1 saturated carbocycles. The second-order valence-electron chi connectivity index (χ2n) is 7.28. The Balaban J connectivity index is 1.71. The van der Waals surface area contributed by atoms with E-state index in [-0.39, 0.29) is 17.8 Å². The van der Waals surface area contributed by atoms with Crippen LogP contribution in [0.5, 0.6) is 0 Å². The van der Waals surface area contributed by atoms with E-state index in [2.05, 4.69) is 12.2 Å². The number of unbranched alkanes of at least 4 members (excludes halogenated alkanes) is 1. The van der Waals surface area contributed by atoms with E-state index < -0.39 is 5.97 Å². The molecule has 26 heavy (non-hydrogen) atoms. The van der Waals surface area contributed by atoms with Gasteiger partial charge in [0.15, 0.2) is 0 Å². The fourth-order valence-corrected chi connectivity index (χ4v) is 5.05. The highest BCUT2D eigenvalue weighted by Crippen LogP contribution is 2.40. The smallest absolute Gasteiger partial charge is 0.316 e. The molecular formula is C19H28N2O4S. The number of hydrogen-bond donors (Lipinski definition) is 2. The largest absolute Gasteiger partial charge is 0.481 e. The second-order valence-corrected chi connectivity index (χ2v) is 8.39. The van der Waals surface area contributed by atoms with Gasteiger partial charge in [-0.15, -0.1) is 11.3 Å². The molecule has 2 heterocycles. The van der Waals surface area contributed by atoms with Crippen molar-refractivity contribution in [2.24, 2.45) is 5.92 Å². The van der Waals surface area contributed by atoms with Crippen molar-refractivity contribution in [3.8, 4) is 0 Å². The molecule has 0 radical (unpaired) electrons. The molecule has 1 aromatic rings. The van der Waals surface area contributed by atoms with Gasteiger partial charge in [0.05, 0.1) is 23.2 Å². The van der Waals surface area contributed by atoms with Crippen molar-refractivity contribution in [1.29, 1.82) is 0 Å². The van der Waals surface area contributed by atoms with Gasteiger partial charge in [-0.25, -0.2) is 4.98 Å². The molecule has 7 heteroatoms. The SMILES string of the molecule is CCCCOC(=O)C1CNCCc2sc(C3CCC(C(=O)O)CC3)nc21. The van der Waals surface area contributed by atoms with Gasteiger partial charge in [-0.2, -0.15) is 0 Å². The molecule has 2 N–H and O–H groups in total. The van der Waals surface area contributed by atoms with Gasteiger partial charge in [-0.1, -0.05) is 13.3 Å². The summed E-state index contributed by atoms with van der Waals surface area (Å²) in [5, 5.41) is 13.6. The van der Waals surface area contributed by atoms with Crippen LogP contribution in [0.25, 0.3) is 0 Å². The minimum atomic E-state index is -0.681. The topological polar surface area (TPSA) is 88.5 Å². The van der Waals surface area contributed by atoms with Crippen LogP contribution >= 0.6 is 11.3 Å². The second kappa shape index (κ2) is 8.95. The number of carboxylic acids is 1. The summed E-state index contributed by atoms with van der Waals surface area (Å²) < 4.78 is 5.45. The maximum atomic E-state index is 12.5. The van der Waals surface area contributed by atoms with Gasteiger partial charge in [0.1, 0.15) is 5.92 Å². The lowest BCUT2D eigenvalue weighted by Crippen LogP contribution is -2.27. The van der Waals surface area contributed by atoms with Crippen LogP contribution < -0.4 is 5.32 Å². The first-order valence-electron chi connectivity index (χ1n) is 9.69. The number of carbonyl (C=O) groups excluding carboxylic acids is 1. The summed E-state index contributed by atoms with van der Waals surface area (Å²) >= 11 is 1.71. The number of nitrogens with one attached hydrogen (secondary N) is 1. The molecule has 1 aliphatic carbocycles. The normalized spacial score (nSPS) is 26.0. The number of esters is 1. The molecule has 0 bridgehead atoms. The third-order valence-corrected chi connectivity index (χ3v) is 6.70. The summed E-state index contributed by atoms with van der Waals surface area (Å²) in [6.45, 7) is 3.97. The van der Waals surface area contributed by atoms with E-state index in [4.69, 9.17) is 9.72 Å². The van der Waals surface area contributed by atoms with Gasteiger partial charge in [-0.05, 0) is 38.5 Å². The van der Waals surface area contributed by atoms with Gasteiger partial charge in [-0.3, -0.25) is 9.59 Å². The van der Waals surface area contributed by atoms with E-state index in [1.807, 2.05) is 0 Å². The quantitative estimate of drug-likeness (QED) is 0.582. The lowest BCUT2D eigenvalue weighted by molar-refractivity contribution is -0.145.